The molecule has 0 radical (unpaired) electrons. The second-order valence-electron chi connectivity index (χ2n) is 3.15. The van der Waals surface area contributed by atoms with Crippen LogP contribution in [0.5, 0.6) is 0 Å². The molecule has 2 aromatic heterocycles. The van der Waals surface area contributed by atoms with E-state index in [-0.39, 0.29) is 0 Å². The highest BCUT2D eigenvalue weighted by Crippen LogP contribution is 2.18. The van der Waals surface area contributed by atoms with E-state index in [1.165, 1.54) is 11.1 Å². The van der Waals surface area contributed by atoms with Crippen LogP contribution in [0.4, 0.5) is 0 Å². The molecular weight excluding hydrogens is 228 g/mol. The SMILES string of the molecule is Cc1cccn2c(C)nc(CBr)c12. The Balaban J connectivity index is 2.89. The predicted octanol–water partition coefficient (Wildman–Crippen LogP) is 2.85. The Labute approximate surface area is 85.7 Å². The highest BCUT2D eigenvalue weighted by molar-refractivity contribution is 9.08. The van der Waals surface area contributed by atoms with Gasteiger partial charge < -0.3 is 4.40 Å². The predicted molar refractivity (Wildman–Crippen MR) is 57.3 cm³/mol. The minimum Gasteiger partial charge on any atom is -0.303 e. The zero-order chi connectivity index (χ0) is 9.42. The summed E-state index contributed by atoms with van der Waals surface area (Å²) in [6, 6.07) is 4.16. The van der Waals surface area contributed by atoms with Crippen LogP contribution in [0.15, 0.2) is 18.3 Å². The number of rotatable bonds is 1. The Hall–Kier alpha value is -0.830. The summed E-state index contributed by atoms with van der Waals surface area (Å²) in [6.07, 6.45) is 2.05. The molecule has 0 saturated heterocycles. The van der Waals surface area contributed by atoms with Gasteiger partial charge in [0, 0.05) is 11.5 Å². The standard InChI is InChI=1S/C10H11BrN2/c1-7-4-3-5-13-8(2)12-9(6-11)10(7)13/h3-5H,6H2,1-2H3. The molecule has 0 aromatic carbocycles. The van der Waals surface area contributed by atoms with Crippen molar-refractivity contribution in [2.45, 2.75) is 19.2 Å². The molecule has 0 aliphatic rings. The average Bonchev–Trinajstić information content (AvgIpc) is 2.45. The van der Waals surface area contributed by atoms with Gasteiger partial charge in [-0.2, -0.15) is 0 Å². The van der Waals surface area contributed by atoms with Crippen LogP contribution in [-0.2, 0) is 5.33 Å². The number of pyridine rings is 1. The molecule has 2 aromatic rings. The molecule has 68 valence electrons. The first kappa shape index (κ1) is 8.75. The Kier molecular flexibility index (Phi) is 2.12. The smallest absolute Gasteiger partial charge is 0.110 e. The monoisotopic (exact) mass is 238 g/mol. The van der Waals surface area contributed by atoms with E-state index in [2.05, 4.69) is 50.6 Å². The molecule has 0 amide bonds. The second-order valence-corrected chi connectivity index (χ2v) is 3.71. The second kappa shape index (κ2) is 3.14. The lowest BCUT2D eigenvalue weighted by Gasteiger charge is -1.99. The van der Waals surface area contributed by atoms with Gasteiger partial charge in [-0.15, -0.1) is 0 Å². The summed E-state index contributed by atoms with van der Waals surface area (Å²) < 4.78 is 2.13. The summed E-state index contributed by atoms with van der Waals surface area (Å²) >= 11 is 3.45. The molecular formula is C10H11BrN2. The lowest BCUT2D eigenvalue weighted by molar-refractivity contribution is 1.03. The number of aryl methyl sites for hydroxylation is 2. The molecule has 2 nitrogen and oxygen atoms in total. The average molecular weight is 239 g/mol. The third-order valence-corrected chi connectivity index (χ3v) is 2.77. The Morgan fingerprint density at radius 1 is 1.46 bits per heavy atom. The van der Waals surface area contributed by atoms with Crippen LogP contribution in [0, 0.1) is 13.8 Å². The van der Waals surface area contributed by atoms with E-state index in [1.54, 1.807) is 0 Å². The maximum absolute atomic E-state index is 4.49. The third kappa shape index (κ3) is 1.27. The van der Waals surface area contributed by atoms with E-state index in [0.717, 1.165) is 16.8 Å². The van der Waals surface area contributed by atoms with E-state index in [4.69, 9.17) is 0 Å². The van der Waals surface area contributed by atoms with Gasteiger partial charge in [-0.3, -0.25) is 0 Å². The molecule has 0 N–H and O–H groups in total. The molecule has 0 unspecified atom stereocenters. The number of imidazole rings is 1. The summed E-state index contributed by atoms with van der Waals surface area (Å²) in [5, 5.41) is 0.815. The van der Waals surface area contributed by atoms with Crippen LogP contribution in [-0.4, -0.2) is 9.38 Å². The van der Waals surface area contributed by atoms with Crippen molar-refractivity contribution >= 4 is 21.4 Å². The van der Waals surface area contributed by atoms with Crippen molar-refractivity contribution in [3.63, 3.8) is 0 Å². The van der Waals surface area contributed by atoms with Crippen LogP contribution < -0.4 is 0 Å². The number of halogens is 1. The highest BCUT2D eigenvalue weighted by atomic mass is 79.9. The van der Waals surface area contributed by atoms with E-state index in [1.807, 2.05) is 6.92 Å². The summed E-state index contributed by atoms with van der Waals surface area (Å²) in [6.45, 7) is 4.14. The molecule has 3 heteroatoms. The fourth-order valence-electron chi connectivity index (χ4n) is 1.65. The molecule has 0 spiro atoms. The first-order chi connectivity index (χ1) is 6.24. The lowest BCUT2D eigenvalue weighted by atomic mass is 10.2. The Bertz CT molecular complexity index is 445. The zero-order valence-electron chi connectivity index (χ0n) is 7.71. The summed E-state index contributed by atoms with van der Waals surface area (Å²) in [5.74, 6) is 1.05. The van der Waals surface area contributed by atoms with Gasteiger partial charge in [-0.1, -0.05) is 22.0 Å². The summed E-state index contributed by atoms with van der Waals surface area (Å²) in [4.78, 5) is 4.49. The number of hydrogen-bond acceptors (Lipinski definition) is 1. The fraction of sp³-hybridized carbons (Fsp3) is 0.300. The maximum Gasteiger partial charge on any atom is 0.110 e. The molecule has 0 atom stereocenters. The van der Waals surface area contributed by atoms with E-state index >= 15 is 0 Å². The Morgan fingerprint density at radius 3 is 2.92 bits per heavy atom. The van der Waals surface area contributed by atoms with Gasteiger partial charge in [0.1, 0.15) is 5.82 Å². The van der Waals surface area contributed by atoms with Gasteiger partial charge >= 0.3 is 0 Å². The molecule has 0 fully saturated rings. The third-order valence-electron chi connectivity index (χ3n) is 2.24. The summed E-state index contributed by atoms with van der Waals surface area (Å²) in [7, 11) is 0. The largest absolute Gasteiger partial charge is 0.303 e. The van der Waals surface area contributed by atoms with E-state index in [9.17, 15) is 0 Å². The maximum atomic E-state index is 4.49. The van der Waals surface area contributed by atoms with Gasteiger partial charge in [0.2, 0.25) is 0 Å². The lowest BCUT2D eigenvalue weighted by Crippen LogP contribution is -1.88. The minimum absolute atomic E-state index is 0.815. The number of alkyl halides is 1. The molecule has 0 aliphatic carbocycles. The molecule has 2 heterocycles. The molecule has 0 bridgehead atoms. The zero-order valence-corrected chi connectivity index (χ0v) is 9.30. The fourth-order valence-corrected chi connectivity index (χ4v) is 2.04. The number of aromatic nitrogens is 2. The van der Waals surface area contributed by atoms with Gasteiger partial charge in [-0.05, 0) is 25.5 Å². The molecule has 13 heavy (non-hydrogen) atoms. The van der Waals surface area contributed by atoms with Crippen LogP contribution in [0.25, 0.3) is 5.52 Å². The van der Waals surface area contributed by atoms with Gasteiger partial charge in [-0.25, -0.2) is 4.98 Å². The van der Waals surface area contributed by atoms with Crippen LogP contribution >= 0.6 is 15.9 Å². The van der Waals surface area contributed by atoms with Crippen molar-refractivity contribution in [1.82, 2.24) is 9.38 Å². The number of fused-ring (bicyclic) bond motifs is 1. The van der Waals surface area contributed by atoms with Crippen molar-refractivity contribution < 1.29 is 0 Å². The van der Waals surface area contributed by atoms with Crippen molar-refractivity contribution in [2.24, 2.45) is 0 Å². The molecule has 0 aliphatic heterocycles. The Morgan fingerprint density at radius 2 is 2.23 bits per heavy atom. The van der Waals surface area contributed by atoms with E-state index in [0.29, 0.717) is 0 Å². The first-order valence-electron chi connectivity index (χ1n) is 4.23. The summed E-state index contributed by atoms with van der Waals surface area (Å²) in [5.41, 5.74) is 3.63. The van der Waals surface area contributed by atoms with Crippen LogP contribution in [0.2, 0.25) is 0 Å². The van der Waals surface area contributed by atoms with E-state index < -0.39 is 0 Å². The number of hydrogen-bond donors (Lipinski definition) is 0. The molecule has 0 saturated carbocycles. The van der Waals surface area contributed by atoms with Gasteiger partial charge in [0.05, 0.1) is 11.2 Å². The van der Waals surface area contributed by atoms with Crippen molar-refractivity contribution in [2.75, 3.05) is 0 Å². The normalized spacial score (nSPS) is 11.0. The topological polar surface area (TPSA) is 17.3 Å². The van der Waals surface area contributed by atoms with Gasteiger partial charge in [0.15, 0.2) is 0 Å². The number of nitrogens with zero attached hydrogens (tertiary/aromatic N) is 2. The highest BCUT2D eigenvalue weighted by Gasteiger charge is 2.07. The van der Waals surface area contributed by atoms with Crippen molar-refractivity contribution in [3.8, 4) is 0 Å². The quantitative estimate of drug-likeness (QED) is 0.699. The van der Waals surface area contributed by atoms with Crippen molar-refractivity contribution in [1.29, 1.82) is 0 Å². The van der Waals surface area contributed by atoms with Crippen LogP contribution in [0.3, 0.4) is 0 Å². The molecule has 2 rings (SSSR count). The van der Waals surface area contributed by atoms with Crippen LogP contribution in [0.1, 0.15) is 17.1 Å². The minimum atomic E-state index is 0.815. The first-order valence-corrected chi connectivity index (χ1v) is 5.35. The van der Waals surface area contributed by atoms with Gasteiger partial charge in [0.25, 0.3) is 0 Å². The van der Waals surface area contributed by atoms with Crippen molar-refractivity contribution in [3.05, 3.63) is 35.4 Å².